The Balaban J connectivity index is 1.65. The van der Waals surface area contributed by atoms with Gasteiger partial charge in [0.2, 0.25) is 0 Å². The highest BCUT2D eigenvalue weighted by Gasteiger charge is 2.13. The minimum Gasteiger partial charge on any atom is -0.390 e. The Morgan fingerprint density at radius 1 is 1.26 bits per heavy atom. The van der Waals surface area contributed by atoms with Crippen LogP contribution < -0.4 is 0 Å². The average molecular weight is 330 g/mol. The van der Waals surface area contributed by atoms with E-state index in [0.29, 0.717) is 13.1 Å². The predicted octanol–water partition coefficient (Wildman–Crippen LogP) is 2.60. The van der Waals surface area contributed by atoms with Crippen molar-refractivity contribution in [2.45, 2.75) is 33.0 Å². The van der Waals surface area contributed by atoms with E-state index in [1.54, 1.807) is 11.3 Å². The van der Waals surface area contributed by atoms with Crippen molar-refractivity contribution in [3.63, 3.8) is 0 Å². The number of benzene rings is 1. The number of fused-ring (bicyclic) bond motifs is 1. The second-order valence-corrected chi connectivity index (χ2v) is 7.08. The Bertz CT molecular complexity index is 781. The first kappa shape index (κ1) is 16.1. The topological polar surface area (TPSA) is 54.2 Å². The molecule has 2 heterocycles. The maximum absolute atomic E-state index is 10.4. The van der Waals surface area contributed by atoms with Gasteiger partial charge in [-0.05, 0) is 44.2 Å². The molecular weight excluding hydrogens is 308 g/mol. The lowest BCUT2D eigenvalue weighted by molar-refractivity contribution is 0.108. The maximum atomic E-state index is 10.4. The number of likely N-dealkylation sites (N-methyl/N-ethyl adjacent to an activating group) is 1. The van der Waals surface area contributed by atoms with Crippen LogP contribution >= 0.6 is 11.3 Å². The van der Waals surface area contributed by atoms with Crippen LogP contribution in [0.2, 0.25) is 0 Å². The fourth-order valence-corrected chi connectivity index (χ4v) is 3.43. The number of aromatic nitrogens is 3. The second kappa shape index (κ2) is 6.78. The van der Waals surface area contributed by atoms with Crippen LogP contribution in [0.4, 0.5) is 0 Å². The van der Waals surface area contributed by atoms with E-state index < -0.39 is 6.10 Å². The molecule has 1 unspecified atom stereocenters. The third-order valence-corrected chi connectivity index (χ3v) is 4.82. The Hall–Kier alpha value is -1.76. The summed E-state index contributed by atoms with van der Waals surface area (Å²) in [6, 6.07) is 4.24. The van der Waals surface area contributed by atoms with Crippen LogP contribution in [0.5, 0.6) is 0 Å². The normalized spacial score (nSPS) is 13.1. The molecule has 3 aromatic rings. The van der Waals surface area contributed by atoms with E-state index in [4.69, 9.17) is 0 Å². The largest absolute Gasteiger partial charge is 0.390 e. The standard InChI is InChI=1S/C17H22N4OS/c1-12-6-15-16(7-13(12)2)21(11-19-15)9-14(22)8-20(3)10-17-18-4-5-23-17/h4-7,11,14,22H,8-10H2,1-3H3. The molecule has 0 aliphatic heterocycles. The molecule has 3 rings (SSSR count). The molecule has 0 spiro atoms. The quantitative estimate of drug-likeness (QED) is 0.755. The van der Waals surface area contributed by atoms with Crippen LogP contribution in [0.1, 0.15) is 16.1 Å². The molecule has 0 bridgehead atoms. The second-order valence-electron chi connectivity index (χ2n) is 6.10. The van der Waals surface area contributed by atoms with Gasteiger partial charge in [-0.3, -0.25) is 4.90 Å². The highest BCUT2D eigenvalue weighted by molar-refractivity contribution is 7.09. The molecule has 5 nitrogen and oxygen atoms in total. The zero-order chi connectivity index (χ0) is 16.4. The van der Waals surface area contributed by atoms with Gasteiger partial charge in [0.25, 0.3) is 0 Å². The van der Waals surface area contributed by atoms with Gasteiger partial charge >= 0.3 is 0 Å². The van der Waals surface area contributed by atoms with Gasteiger partial charge in [-0.2, -0.15) is 0 Å². The van der Waals surface area contributed by atoms with Crippen molar-refractivity contribution in [2.24, 2.45) is 0 Å². The van der Waals surface area contributed by atoms with Crippen LogP contribution in [0.3, 0.4) is 0 Å². The summed E-state index contributed by atoms with van der Waals surface area (Å²) in [5, 5.41) is 13.4. The van der Waals surface area contributed by atoms with Gasteiger partial charge in [0.05, 0.1) is 36.6 Å². The van der Waals surface area contributed by atoms with Crippen LogP contribution in [0.25, 0.3) is 11.0 Å². The van der Waals surface area contributed by atoms with Gasteiger partial charge in [-0.25, -0.2) is 9.97 Å². The third-order valence-electron chi connectivity index (χ3n) is 4.06. The summed E-state index contributed by atoms with van der Waals surface area (Å²) in [5.41, 5.74) is 4.55. The van der Waals surface area contributed by atoms with Crippen molar-refractivity contribution in [3.8, 4) is 0 Å². The number of thiazole rings is 1. The van der Waals surface area contributed by atoms with Crippen molar-refractivity contribution >= 4 is 22.4 Å². The minimum absolute atomic E-state index is 0.445. The molecule has 0 radical (unpaired) electrons. The molecule has 122 valence electrons. The molecule has 0 saturated carbocycles. The molecule has 2 aromatic heterocycles. The molecular formula is C17H22N4OS. The third kappa shape index (κ3) is 3.77. The van der Waals surface area contributed by atoms with E-state index in [1.165, 1.54) is 11.1 Å². The van der Waals surface area contributed by atoms with Crippen molar-refractivity contribution in [1.82, 2.24) is 19.4 Å². The summed E-state index contributed by atoms with van der Waals surface area (Å²) in [7, 11) is 2.00. The Labute approximate surface area is 140 Å². The van der Waals surface area contributed by atoms with Crippen molar-refractivity contribution < 1.29 is 5.11 Å². The zero-order valence-corrected chi connectivity index (χ0v) is 14.5. The summed E-state index contributed by atoms with van der Waals surface area (Å²) in [5.74, 6) is 0. The number of aliphatic hydroxyl groups excluding tert-OH is 1. The van der Waals surface area contributed by atoms with Crippen molar-refractivity contribution in [3.05, 3.63) is 46.2 Å². The monoisotopic (exact) mass is 330 g/mol. The number of hydrogen-bond acceptors (Lipinski definition) is 5. The van der Waals surface area contributed by atoms with Crippen LogP contribution in [0, 0.1) is 13.8 Å². The van der Waals surface area contributed by atoms with Gasteiger partial charge in [0.1, 0.15) is 5.01 Å². The van der Waals surface area contributed by atoms with Crippen molar-refractivity contribution in [2.75, 3.05) is 13.6 Å². The molecule has 1 N–H and O–H groups in total. The zero-order valence-electron chi connectivity index (χ0n) is 13.7. The van der Waals surface area contributed by atoms with E-state index in [0.717, 1.165) is 22.6 Å². The number of rotatable bonds is 6. The van der Waals surface area contributed by atoms with Crippen LogP contribution in [0.15, 0.2) is 30.0 Å². The number of imidazole rings is 1. The molecule has 0 fully saturated rings. The lowest BCUT2D eigenvalue weighted by atomic mass is 10.1. The fraction of sp³-hybridized carbons (Fsp3) is 0.412. The van der Waals surface area contributed by atoms with Crippen LogP contribution in [-0.2, 0) is 13.1 Å². The molecule has 0 saturated heterocycles. The summed E-state index contributed by atoms with van der Waals surface area (Å²) >= 11 is 1.64. The highest BCUT2D eigenvalue weighted by atomic mass is 32.1. The molecule has 23 heavy (non-hydrogen) atoms. The van der Waals surface area contributed by atoms with Gasteiger partial charge in [0.15, 0.2) is 0 Å². The Morgan fingerprint density at radius 3 is 2.78 bits per heavy atom. The number of hydrogen-bond donors (Lipinski definition) is 1. The molecule has 0 amide bonds. The molecule has 0 aliphatic rings. The van der Waals surface area contributed by atoms with Gasteiger partial charge in [-0.1, -0.05) is 0 Å². The SMILES string of the molecule is Cc1cc2ncn(CC(O)CN(C)Cc3nccs3)c2cc1C. The Kier molecular flexibility index (Phi) is 4.75. The lowest BCUT2D eigenvalue weighted by Gasteiger charge is -2.20. The van der Waals surface area contributed by atoms with E-state index in [-0.39, 0.29) is 0 Å². The van der Waals surface area contributed by atoms with Gasteiger partial charge < -0.3 is 9.67 Å². The van der Waals surface area contributed by atoms with E-state index >= 15 is 0 Å². The minimum atomic E-state index is -0.445. The molecule has 1 atom stereocenters. The first-order valence-corrected chi connectivity index (χ1v) is 8.58. The summed E-state index contributed by atoms with van der Waals surface area (Å²) in [6.45, 7) is 6.10. The summed E-state index contributed by atoms with van der Waals surface area (Å²) in [6.07, 6.45) is 3.18. The lowest BCUT2D eigenvalue weighted by Crippen LogP contribution is -2.31. The summed E-state index contributed by atoms with van der Waals surface area (Å²) in [4.78, 5) is 10.8. The first-order chi connectivity index (χ1) is 11.0. The van der Waals surface area contributed by atoms with E-state index in [1.807, 2.05) is 29.5 Å². The highest BCUT2D eigenvalue weighted by Crippen LogP contribution is 2.18. The number of nitrogens with zero attached hydrogens (tertiary/aromatic N) is 4. The fourth-order valence-electron chi connectivity index (χ4n) is 2.73. The molecule has 1 aromatic carbocycles. The molecule has 0 aliphatic carbocycles. The predicted molar refractivity (Wildman–Crippen MR) is 93.7 cm³/mol. The number of aryl methyl sites for hydroxylation is 2. The van der Waals surface area contributed by atoms with Gasteiger partial charge in [0, 0.05) is 18.1 Å². The first-order valence-electron chi connectivity index (χ1n) is 7.70. The average Bonchev–Trinajstić information content (AvgIpc) is 3.11. The van der Waals surface area contributed by atoms with Crippen LogP contribution in [-0.4, -0.2) is 44.2 Å². The smallest absolute Gasteiger partial charge is 0.107 e. The van der Waals surface area contributed by atoms with Gasteiger partial charge in [-0.15, -0.1) is 11.3 Å². The Morgan fingerprint density at radius 2 is 2.04 bits per heavy atom. The van der Waals surface area contributed by atoms with E-state index in [2.05, 4.69) is 40.8 Å². The van der Waals surface area contributed by atoms with Crippen molar-refractivity contribution in [1.29, 1.82) is 0 Å². The van der Waals surface area contributed by atoms with E-state index in [9.17, 15) is 5.11 Å². The molecule has 6 heteroatoms. The number of aliphatic hydroxyl groups is 1. The maximum Gasteiger partial charge on any atom is 0.107 e. The summed E-state index contributed by atoms with van der Waals surface area (Å²) < 4.78 is 2.03.